The summed E-state index contributed by atoms with van der Waals surface area (Å²) in [5, 5.41) is 6.81. The second-order valence-electron chi connectivity index (χ2n) is 6.15. The van der Waals surface area contributed by atoms with Crippen LogP contribution in [0.4, 0.5) is 9.18 Å². The molecule has 112 valence electrons. The van der Waals surface area contributed by atoms with Gasteiger partial charge in [-0.1, -0.05) is 0 Å². The van der Waals surface area contributed by atoms with Crippen molar-refractivity contribution in [3.05, 3.63) is 35.8 Å². The molecule has 0 aliphatic heterocycles. The monoisotopic (exact) mass is 289 g/mol. The maximum Gasteiger partial charge on any atom is 0.315 e. The Bertz CT molecular complexity index is 673. The number of nitrogens with one attached hydrogen (secondary N) is 3. The van der Waals surface area contributed by atoms with Gasteiger partial charge in [0.1, 0.15) is 5.82 Å². The summed E-state index contributed by atoms with van der Waals surface area (Å²) in [7, 11) is 0. The lowest BCUT2D eigenvalue weighted by Crippen LogP contribution is -2.42. The molecule has 1 aliphatic rings. The number of carbonyl (C=O) groups is 1. The molecule has 0 radical (unpaired) electrons. The van der Waals surface area contributed by atoms with Crippen molar-refractivity contribution in [2.24, 2.45) is 0 Å². The van der Waals surface area contributed by atoms with Crippen molar-refractivity contribution in [3.63, 3.8) is 0 Å². The normalized spacial score (nSPS) is 16.2. The zero-order valence-corrected chi connectivity index (χ0v) is 12.3. The van der Waals surface area contributed by atoms with Crippen LogP contribution in [0.25, 0.3) is 10.9 Å². The molecule has 0 unspecified atom stereocenters. The van der Waals surface area contributed by atoms with E-state index in [2.05, 4.69) is 15.6 Å². The first-order valence-electron chi connectivity index (χ1n) is 7.32. The third kappa shape index (κ3) is 2.73. The Labute approximate surface area is 123 Å². The number of urea groups is 1. The molecule has 0 atom stereocenters. The highest BCUT2D eigenvalue weighted by atomic mass is 19.1. The highest BCUT2D eigenvalue weighted by Crippen LogP contribution is 2.49. The number of H-pyrrole nitrogens is 1. The zero-order valence-electron chi connectivity index (χ0n) is 12.3. The van der Waals surface area contributed by atoms with Crippen LogP contribution in [0.5, 0.6) is 0 Å². The maximum absolute atomic E-state index is 13.2. The lowest BCUT2D eigenvalue weighted by molar-refractivity contribution is 0.237. The molecule has 3 rings (SSSR count). The fraction of sp³-hybridized carbons (Fsp3) is 0.438. The van der Waals surface area contributed by atoms with Crippen LogP contribution in [0.3, 0.4) is 0 Å². The van der Waals surface area contributed by atoms with E-state index in [4.69, 9.17) is 0 Å². The SMILES string of the molecule is CC(C)NC(=O)NCC1(c2c[nH]c3cc(F)ccc23)CC1. The minimum atomic E-state index is -0.241. The standard InChI is InChI=1S/C16H20FN3O/c1-10(2)20-15(21)19-9-16(5-6-16)13-8-18-14-7-11(17)3-4-12(13)14/h3-4,7-8,10,18H,5-6,9H2,1-2H3,(H2,19,20,21). The van der Waals surface area contributed by atoms with E-state index in [1.807, 2.05) is 26.1 Å². The molecule has 1 aliphatic carbocycles. The summed E-state index contributed by atoms with van der Waals surface area (Å²) in [4.78, 5) is 14.9. The van der Waals surface area contributed by atoms with Crippen LogP contribution in [0.1, 0.15) is 32.3 Å². The van der Waals surface area contributed by atoms with Crippen LogP contribution < -0.4 is 10.6 Å². The second-order valence-corrected chi connectivity index (χ2v) is 6.15. The average molecular weight is 289 g/mol. The van der Waals surface area contributed by atoms with Gasteiger partial charge >= 0.3 is 6.03 Å². The third-order valence-electron chi connectivity index (χ3n) is 4.08. The molecule has 4 nitrogen and oxygen atoms in total. The van der Waals surface area contributed by atoms with Crippen molar-refractivity contribution in [2.45, 2.75) is 38.1 Å². The van der Waals surface area contributed by atoms with E-state index < -0.39 is 0 Å². The Kier molecular flexibility index (Phi) is 3.35. The van der Waals surface area contributed by atoms with Gasteiger partial charge in [-0.15, -0.1) is 0 Å². The first kappa shape index (κ1) is 13.9. The molecule has 1 aromatic heterocycles. The van der Waals surface area contributed by atoms with Gasteiger partial charge in [0, 0.05) is 35.1 Å². The van der Waals surface area contributed by atoms with Gasteiger partial charge in [-0.3, -0.25) is 0 Å². The predicted molar refractivity (Wildman–Crippen MR) is 80.8 cm³/mol. The fourth-order valence-corrected chi connectivity index (χ4v) is 2.79. The quantitative estimate of drug-likeness (QED) is 0.796. The molecule has 5 heteroatoms. The van der Waals surface area contributed by atoms with Gasteiger partial charge in [0.25, 0.3) is 0 Å². The predicted octanol–water partition coefficient (Wildman–Crippen LogP) is 3.05. The van der Waals surface area contributed by atoms with Crippen molar-refractivity contribution in [2.75, 3.05) is 6.54 Å². The molecule has 0 saturated heterocycles. The molecule has 21 heavy (non-hydrogen) atoms. The van der Waals surface area contributed by atoms with Crippen molar-refractivity contribution in [3.8, 4) is 0 Å². The maximum atomic E-state index is 13.2. The number of halogens is 1. The number of benzene rings is 1. The summed E-state index contributed by atoms with van der Waals surface area (Å²) in [6.45, 7) is 4.47. The third-order valence-corrected chi connectivity index (χ3v) is 4.08. The smallest absolute Gasteiger partial charge is 0.315 e. The van der Waals surface area contributed by atoms with Gasteiger partial charge in [-0.2, -0.15) is 0 Å². The number of rotatable bonds is 4. The van der Waals surface area contributed by atoms with E-state index in [1.165, 1.54) is 17.7 Å². The Hall–Kier alpha value is -2.04. The van der Waals surface area contributed by atoms with Crippen LogP contribution in [-0.4, -0.2) is 23.6 Å². The summed E-state index contributed by atoms with van der Waals surface area (Å²) in [6, 6.07) is 4.78. The van der Waals surface area contributed by atoms with E-state index in [9.17, 15) is 9.18 Å². The van der Waals surface area contributed by atoms with E-state index in [1.54, 1.807) is 0 Å². The van der Waals surface area contributed by atoms with Crippen LogP contribution in [0, 0.1) is 5.82 Å². The average Bonchev–Trinajstić information content (AvgIpc) is 3.09. The minimum absolute atomic E-state index is 0.00952. The Balaban J connectivity index is 1.77. The molecule has 3 N–H and O–H groups in total. The van der Waals surface area contributed by atoms with E-state index in [0.29, 0.717) is 6.54 Å². The highest BCUT2D eigenvalue weighted by molar-refractivity contribution is 5.85. The number of fused-ring (bicyclic) bond motifs is 1. The molecule has 1 saturated carbocycles. The zero-order chi connectivity index (χ0) is 15.0. The molecule has 0 spiro atoms. The van der Waals surface area contributed by atoms with Gasteiger partial charge in [-0.05, 0) is 50.5 Å². The van der Waals surface area contributed by atoms with Gasteiger partial charge in [-0.25, -0.2) is 9.18 Å². The summed E-state index contributed by atoms with van der Waals surface area (Å²) in [5.74, 6) is -0.241. The first-order chi connectivity index (χ1) is 10.00. The van der Waals surface area contributed by atoms with Gasteiger partial charge in [0.05, 0.1) is 0 Å². The molecule has 1 fully saturated rings. The Morgan fingerprint density at radius 3 is 2.86 bits per heavy atom. The number of aromatic amines is 1. The number of aromatic nitrogens is 1. The summed E-state index contributed by atoms with van der Waals surface area (Å²) in [6.07, 6.45) is 4.03. The number of hydrogen-bond acceptors (Lipinski definition) is 1. The Morgan fingerprint density at radius 1 is 1.43 bits per heavy atom. The molecular formula is C16H20FN3O. The van der Waals surface area contributed by atoms with E-state index in [-0.39, 0.29) is 23.3 Å². The lowest BCUT2D eigenvalue weighted by Gasteiger charge is -2.17. The molecular weight excluding hydrogens is 269 g/mol. The van der Waals surface area contributed by atoms with Gasteiger partial charge < -0.3 is 15.6 Å². The van der Waals surface area contributed by atoms with Crippen LogP contribution in [0.2, 0.25) is 0 Å². The van der Waals surface area contributed by atoms with E-state index >= 15 is 0 Å². The van der Waals surface area contributed by atoms with E-state index in [0.717, 1.165) is 23.7 Å². The van der Waals surface area contributed by atoms with Crippen LogP contribution >= 0.6 is 0 Å². The second kappa shape index (κ2) is 5.06. The van der Waals surface area contributed by atoms with Crippen LogP contribution in [0.15, 0.2) is 24.4 Å². The first-order valence-corrected chi connectivity index (χ1v) is 7.32. The molecule has 2 aromatic rings. The Morgan fingerprint density at radius 2 is 2.19 bits per heavy atom. The van der Waals surface area contributed by atoms with Crippen molar-refractivity contribution in [1.29, 1.82) is 0 Å². The summed E-state index contributed by atoms with van der Waals surface area (Å²) >= 11 is 0. The van der Waals surface area contributed by atoms with Gasteiger partial charge in [0.15, 0.2) is 0 Å². The molecule has 1 heterocycles. The van der Waals surface area contributed by atoms with Crippen LogP contribution in [-0.2, 0) is 5.41 Å². The number of amides is 2. The van der Waals surface area contributed by atoms with Crippen molar-refractivity contribution >= 4 is 16.9 Å². The molecule has 1 aromatic carbocycles. The van der Waals surface area contributed by atoms with Crippen molar-refractivity contribution in [1.82, 2.24) is 15.6 Å². The van der Waals surface area contributed by atoms with Gasteiger partial charge in [0.2, 0.25) is 0 Å². The summed E-state index contributed by atoms with van der Waals surface area (Å²) in [5.41, 5.74) is 1.97. The largest absolute Gasteiger partial charge is 0.361 e. The topological polar surface area (TPSA) is 56.9 Å². The molecule has 0 bridgehead atoms. The molecule has 2 amide bonds. The number of carbonyl (C=O) groups excluding carboxylic acids is 1. The number of hydrogen-bond donors (Lipinski definition) is 3. The summed E-state index contributed by atoms with van der Waals surface area (Å²) < 4.78 is 13.2. The highest BCUT2D eigenvalue weighted by Gasteiger charge is 2.45. The lowest BCUT2D eigenvalue weighted by atomic mass is 9.95. The minimum Gasteiger partial charge on any atom is -0.361 e. The fourth-order valence-electron chi connectivity index (χ4n) is 2.79. The van der Waals surface area contributed by atoms with Crippen molar-refractivity contribution < 1.29 is 9.18 Å².